The van der Waals surface area contributed by atoms with Crippen LogP contribution in [0.2, 0.25) is 0 Å². The predicted octanol–water partition coefficient (Wildman–Crippen LogP) is 2.43. The number of nitrogens with zero attached hydrogens (tertiary/aromatic N) is 2. The van der Waals surface area contributed by atoms with Gasteiger partial charge >= 0.3 is 0 Å². The van der Waals surface area contributed by atoms with Crippen LogP contribution in [0.3, 0.4) is 0 Å². The fraction of sp³-hybridized carbons (Fsp3) is 0.409. The maximum absolute atomic E-state index is 12.9. The smallest absolute Gasteiger partial charge is 0.254 e. The number of likely N-dealkylation sites (N-methyl/N-ethyl adjacent to an activating group) is 1. The molecule has 148 valence electrons. The molecule has 1 saturated heterocycles. The zero-order chi connectivity index (χ0) is 20.0. The van der Waals surface area contributed by atoms with E-state index in [0.717, 1.165) is 16.7 Å². The minimum absolute atomic E-state index is 0.0463. The number of aromatic nitrogens is 1. The summed E-state index contributed by atoms with van der Waals surface area (Å²) in [7, 11) is 0. The second-order valence-corrected chi connectivity index (χ2v) is 6.98. The van der Waals surface area contributed by atoms with Gasteiger partial charge < -0.3 is 15.0 Å². The summed E-state index contributed by atoms with van der Waals surface area (Å²) in [4.78, 5) is 30.9. The van der Waals surface area contributed by atoms with Crippen molar-refractivity contribution in [2.75, 3.05) is 26.2 Å². The number of carbonyl (C=O) groups is 2. The van der Waals surface area contributed by atoms with E-state index in [9.17, 15) is 9.59 Å². The Bertz CT molecular complexity index is 808. The van der Waals surface area contributed by atoms with E-state index in [4.69, 9.17) is 4.74 Å². The van der Waals surface area contributed by atoms with E-state index in [1.165, 1.54) is 0 Å². The molecule has 3 rings (SSSR count). The molecule has 1 aromatic carbocycles. The highest BCUT2D eigenvalue weighted by Crippen LogP contribution is 2.26. The molecule has 2 amide bonds. The summed E-state index contributed by atoms with van der Waals surface area (Å²) in [6.07, 6.45) is 4.38. The first-order chi connectivity index (χ1) is 13.6. The van der Waals surface area contributed by atoms with Gasteiger partial charge in [-0.1, -0.05) is 31.2 Å². The lowest BCUT2D eigenvalue weighted by Crippen LogP contribution is -2.62. The molecule has 0 radical (unpaired) electrons. The fourth-order valence-electron chi connectivity index (χ4n) is 3.56. The van der Waals surface area contributed by atoms with E-state index in [0.29, 0.717) is 32.5 Å². The number of carbonyl (C=O) groups excluding carboxylic acids is 2. The molecule has 6 heteroatoms. The van der Waals surface area contributed by atoms with Crippen molar-refractivity contribution in [2.45, 2.75) is 32.3 Å². The summed E-state index contributed by atoms with van der Waals surface area (Å²) in [5, 5.41) is 2.88. The first-order valence-electron chi connectivity index (χ1n) is 9.77. The van der Waals surface area contributed by atoms with Crippen LogP contribution in [-0.2, 0) is 20.7 Å². The van der Waals surface area contributed by atoms with E-state index < -0.39 is 5.60 Å². The summed E-state index contributed by atoms with van der Waals surface area (Å²) in [5.41, 5.74) is 2.12. The van der Waals surface area contributed by atoms with Crippen molar-refractivity contribution in [3.8, 4) is 11.1 Å². The lowest BCUT2D eigenvalue weighted by molar-refractivity contribution is -0.165. The Morgan fingerprint density at radius 1 is 1.11 bits per heavy atom. The van der Waals surface area contributed by atoms with Crippen LogP contribution >= 0.6 is 0 Å². The highest BCUT2D eigenvalue weighted by molar-refractivity contribution is 5.87. The van der Waals surface area contributed by atoms with E-state index in [-0.39, 0.29) is 18.4 Å². The van der Waals surface area contributed by atoms with Gasteiger partial charge in [0.2, 0.25) is 5.91 Å². The number of hydrogen-bond acceptors (Lipinski definition) is 4. The Kier molecular flexibility index (Phi) is 6.41. The molecule has 2 aromatic rings. The minimum atomic E-state index is -1.06. The summed E-state index contributed by atoms with van der Waals surface area (Å²) in [6, 6.07) is 12.0. The van der Waals surface area contributed by atoms with E-state index in [2.05, 4.69) is 10.3 Å². The van der Waals surface area contributed by atoms with E-state index in [1.807, 2.05) is 50.2 Å². The number of rotatable bonds is 6. The van der Waals surface area contributed by atoms with Crippen molar-refractivity contribution in [1.82, 2.24) is 15.2 Å². The molecule has 1 aliphatic rings. The van der Waals surface area contributed by atoms with Crippen LogP contribution in [-0.4, -0.2) is 53.5 Å². The Labute approximate surface area is 165 Å². The molecule has 1 aliphatic heterocycles. The monoisotopic (exact) mass is 381 g/mol. The van der Waals surface area contributed by atoms with E-state index in [1.54, 1.807) is 17.3 Å². The lowest BCUT2D eigenvalue weighted by Gasteiger charge is -2.41. The maximum Gasteiger partial charge on any atom is 0.254 e. The van der Waals surface area contributed by atoms with Crippen molar-refractivity contribution in [3.63, 3.8) is 0 Å². The van der Waals surface area contributed by atoms with Gasteiger partial charge in [0.15, 0.2) is 5.60 Å². The zero-order valence-electron chi connectivity index (χ0n) is 16.5. The molecule has 1 fully saturated rings. The molecular formula is C22H27N3O3. The van der Waals surface area contributed by atoms with Crippen molar-refractivity contribution >= 4 is 11.8 Å². The standard InChI is InChI=1S/C22H27N3O3/c1-3-20(26)25-13-14-28-22(16-25,21(27)24-4-2)15-17-5-7-18(8-6-17)19-9-11-23-12-10-19/h5-12H,3-4,13-16H2,1-2H3,(H,24,27)/t22-/m1/s1. The number of pyridine rings is 1. The van der Waals surface area contributed by atoms with Crippen LogP contribution in [0.4, 0.5) is 0 Å². The SMILES string of the molecule is CCNC(=O)[C@@]1(Cc2ccc(-c3ccncc3)cc2)CN(C(=O)CC)CCO1. The third-order valence-electron chi connectivity index (χ3n) is 5.05. The zero-order valence-corrected chi connectivity index (χ0v) is 16.5. The molecule has 2 heterocycles. The highest BCUT2D eigenvalue weighted by Gasteiger charge is 2.44. The molecule has 0 unspecified atom stereocenters. The largest absolute Gasteiger partial charge is 0.361 e. The van der Waals surface area contributed by atoms with Gasteiger partial charge in [-0.2, -0.15) is 0 Å². The number of ether oxygens (including phenoxy) is 1. The average Bonchev–Trinajstić information content (AvgIpc) is 2.74. The van der Waals surface area contributed by atoms with Gasteiger partial charge in [-0.05, 0) is 35.7 Å². The fourth-order valence-corrected chi connectivity index (χ4v) is 3.56. The van der Waals surface area contributed by atoms with Gasteiger partial charge in [0.1, 0.15) is 0 Å². The van der Waals surface area contributed by atoms with Gasteiger partial charge in [0.05, 0.1) is 13.2 Å². The number of morpholine rings is 1. The van der Waals surface area contributed by atoms with Crippen LogP contribution in [0.5, 0.6) is 0 Å². The van der Waals surface area contributed by atoms with Crippen LogP contribution in [0.1, 0.15) is 25.8 Å². The number of hydrogen-bond donors (Lipinski definition) is 1. The second kappa shape index (κ2) is 8.97. The minimum Gasteiger partial charge on any atom is -0.361 e. The Balaban J connectivity index is 1.83. The van der Waals surface area contributed by atoms with Gasteiger partial charge in [-0.15, -0.1) is 0 Å². The summed E-state index contributed by atoms with van der Waals surface area (Å²) < 4.78 is 6.01. The lowest BCUT2D eigenvalue weighted by atomic mass is 9.90. The summed E-state index contributed by atoms with van der Waals surface area (Å²) in [6.45, 7) is 5.40. The van der Waals surface area contributed by atoms with Crippen molar-refractivity contribution in [1.29, 1.82) is 0 Å². The normalized spacial score (nSPS) is 19.3. The third-order valence-corrected chi connectivity index (χ3v) is 5.05. The Morgan fingerprint density at radius 3 is 2.43 bits per heavy atom. The Morgan fingerprint density at radius 2 is 1.79 bits per heavy atom. The molecule has 1 atom stereocenters. The predicted molar refractivity (Wildman–Crippen MR) is 108 cm³/mol. The van der Waals surface area contributed by atoms with Crippen LogP contribution < -0.4 is 5.32 Å². The molecule has 0 aliphatic carbocycles. The van der Waals surface area contributed by atoms with Crippen LogP contribution in [0.15, 0.2) is 48.8 Å². The maximum atomic E-state index is 12.9. The average molecular weight is 381 g/mol. The van der Waals surface area contributed by atoms with Gasteiger partial charge in [-0.3, -0.25) is 14.6 Å². The number of nitrogens with one attached hydrogen (secondary N) is 1. The molecule has 0 bridgehead atoms. The molecule has 1 aromatic heterocycles. The molecule has 6 nitrogen and oxygen atoms in total. The first kappa shape index (κ1) is 20.0. The van der Waals surface area contributed by atoms with Gasteiger partial charge in [-0.25, -0.2) is 0 Å². The van der Waals surface area contributed by atoms with Crippen molar-refractivity contribution in [2.24, 2.45) is 0 Å². The van der Waals surface area contributed by atoms with Crippen LogP contribution in [0.25, 0.3) is 11.1 Å². The first-order valence-corrected chi connectivity index (χ1v) is 9.77. The van der Waals surface area contributed by atoms with Crippen molar-refractivity contribution < 1.29 is 14.3 Å². The molecular weight excluding hydrogens is 354 g/mol. The van der Waals surface area contributed by atoms with Crippen LogP contribution in [0, 0.1) is 0 Å². The second-order valence-electron chi connectivity index (χ2n) is 6.98. The quantitative estimate of drug-likeness (QED) is 0.834. The van der Waals surface area contributed by atoms with Crippen molar-refractivity contribution in [3.05, 3.63) is 54.4 Å². The third kappa shape index (κ3) is 4.39. The van der Waals surface area contributed by atoms with Gasteiger partial charge in [0, 0.05) is 38.3 Å². The summed E-state index contributed by atoms with van der Waals surface area (Å²) in [5.74, 6) is -0.119. The molecule has 0 spiro atoms. The number of benzene rings is 1. The Hall–Kier alpha value is -2.73. The molecule has 0 saturated carbocycles. The number of amides is 2. The van der Waals surface area contributed by atoms with Gasteiger partial charge in [0.25, 0.3) is 5.91 Å². The molecule has 28 heavy (non-hydrogen) atoms. The van der Waals surface area contributed by atoms with E-state index >= 15 is 0 Å². The molecule has 1 N–H and O–H groups in total. The summed E-state index contributed by atoms with van der Waals surface area (Å²) >= 11 is 0. The highest BCUT2D eigenvalue weighted by atomic mass is 16.5. The topological polar surface area (TPSA) is 71.5 Å².